The summed E-state index contributed by atoms with van der Waals surface area (Å²) in [6, 6.07) is 5.42. The van der Waals surface area contributed by atoms with Gasteiger partial charge in [-0.25, -0.2) is 22.8 Å². The van der Waals surface area contributed by atoms with Gasteiger partial charge >= 0.3 is 11.9 Å². The molecule has 7 heteroatoms. The summed E-state index contributed by atoms with van der Waals surface area (Å²) in [4.78, 5) is 22.8. The Labute approximate surface area is 181 Å². The normalized spacial score (nSPS) is 28.4. The van der Waals surface area contributed by atoms with Crippen LogP contribution in [0.1, 0.15) is 88.2 Å². The Morgan fingerprint density at radius 3 is 1.68 bits per heavy atom. The van der Waals surface area contributed by atoms with Gasteiger partial charge in [0, 0.05) is 0 Å². The van der Waals surface area contributed by atoms with E-state index in [4.69, 9.17) is 9.47 Å². The van der Waals surface area contributed by atoms with Crippen molar-refractivity contribution in [2.24, 2.45) is 0 Å². The maximum absolute atomic E-state index is 14.9. The van der Waals surface area contributed by atoms with Crippen LogP contribution in [0.3, 0.4) is 0 Å². The quantitative estimate of drug-likeness (QED) is 0.534. The van der Waals surface area contributed by atoms with E-state index in [1.54, 1.807) is 6.07 Å². The SMILES string of the molecule is CC(F)C(=O)OC1CCC(c2ccc(C3CCC(OC(=O)C(C)F)CC3)c(F)c2)CC1. The fourth-order valence-corrected chi connectivity index (χ4v) is 4.65. The number of carbonyl (C=O) groups excluding carboxylic acids is 2. The van der Waals surface area contributed by atoms with Gasteiger partial charge in [0.05, 0.1) is 0 Å². The number of rotatable bonds is 6. The van der Waals surface area contributed by atoms with Crippen LogP contribution in [0.5, 0.6) is 0 Å². The Morgan fingerprint density at radius 2 is 1.26 bits per heavy atom. The third-order valence-corrected chi connectivity index (χ3v) is 6.50. The Bertz CT molecular complexity index is 764. The molecule has 0 radical (unpaired) electrons. The van der Waals surface area contributed by atoms with Crippen LogP contribution in [-0.2, 0) is 19.1 Å². The molecular weight excluding hydrogens is 409 g/mol. The molecule has 3 rings (SSSR count). The number of ether oxygens (including phenoxy) is 2. The van der Waals surface area contributed by atoms with Crippen LogP contribution in [0.15, 0.2) is 18.2 Å². The van der Waals surface area contributed by atoms with Crippen molar-refractivity contribution in [3.8, 4) is 0 Å². The number of alkyl halides is 2. The van der Waals surface area contributed by atoms with Crippen LogP contribution in [0.25, 0.3) is 0 Å². The van der Waals surface area contributed by atoms with E-state index >= 15 is 0 Å². The van der Waals surface area contributed by atoms with Crippen molar-refractivity contribution in [3.63, 3.8) is 0 Å². The summed E-state index contributed by atoms with van der Waals surface area (Å²) in [5.41, 5.74) is 1.61. The number of carbonyl (C=O) groups is 2. The number of hydrogen-bond donors (Lipinski definition) is 0. The Morgan fingerprint density at radius 1 is 0.806 bits per heavy atom. The van der Waals surface area contributed by atoms with Crippen molar-refractivity contribution >= 4 is 11.9 Å². The Kier molecular flexibility index (Phi) is 8.00. The lowest BCUT2D eigenvalue weighted by Crippen LogP contribution is -2.27. The van der Waals surface area contributed by atoms with Gasteiger partial charge in [-0.1, -0.05) is 12.1 Å². The molecule has 0 heterocycles. The van der Waals surface area contributed by atoms with Gasteiger partial charge in [-0.15, -0.1) is 0 Å². The molecule has 1 aromatic rings. The summed E-state index contributed by atoms with van der Waals surface area (Å²) in [7, 11) is 0. The third-order valence-electron chi connectivity index (χ3n) is 6.50. The second-order valence-electron chi connectivity index (χ2n) is 8.83. The van der Waals surface area contributed by atoms with Gasteiger partial charge in [-0.2, -0.15) is 0 Å². The van der Waals surface area contributed by atoms with Gasteiger partial charge < -0.3 is 9.47 Å². The molecule has 172 valence electrons. The maximum Gasteiger partial charge on any atom is 0.340 e. The first-order valence-electron chi connectivity index (χ1n) is 11.2. The molecular formula is C24H31F3O4. The molecule has 1 aromatic carbocycles. The number of esters is 2. The second kappa shape index (κ2) is 10.5. The van der Waals surface area contributed by atoms with E-state index in [-0.39, 0.29) is 29.9 Å². The molecule has 0 bridgehead atoms. The zero-order valence-electron chi connectivity index (χ0n) is 18.1. The van der Waals surface area contributed by atoms with Crippen LogP contribution in [-0.4, -0.2) is 36.5 Å². The minimum atomic E-state index is -1.63. The first-order chi connectivity index (χ1) is 14.7. The van der Waals surface area contributed by atoms with Crippen molar-refractivity contribution in [2.75, 3.05) is 0 Å². The van der Waals surface area contributed by atoms with Crippen molar-refractivity contribution in [2.45, 2.75) is 102 Å². The number of hydrogen-bond acceptors (Lipinski definition) is 4. The lowest BCUT2D eigenvalue weighted by molar-refractivity contribution is -0.156. The summed E-state index contributed by atoms with van der Waals surface area (Å²) in [6.07, 6.45) is 1.60. The predicted octanol–water partition coefficient (Wildman–Crippen LogP) is 5.68. The van der Waals surface area contributed by atoms with E-state index in [0.29, 0.717) is 44.1 Å². The largest absolute Gasteiger partial charge is 0.460 e. The lowest BCUT2D eigenvalue weighted by Gasteiger charge is -2.30. The molecule has 2 unspecified atom stereocenters. The zero-order chi connectivity index (χ0) is 22.5. The van der Waals surface area contributed by atoms with E-state index in [1.807, 2.05) is 12.1 Å². The van der Waals surface area contributed by atoms with Gasteiger partial charge in [0.25, 0.3) is 0 Å². The smallest absolute Gasteiger partial charge is 0.340 e. The Balaban J connectivity index is 1.52. The van der Waals surface area contributed by atoms with Crippen LogP contribution in [0.4, 0.5) is 13.2 Å². The standard InChI is InChI=1S/C24H31F3O4/c1-14(25)23(28)30-19-8-3-16(4-9-19)18-7-12-21(22(27)13-18)17-5-10-20(11-6-17)31-24(29)15(2)26/h7,12-17,19-20H,3-6,8-11H2,1-2H3. The monoisotopic (exact) mass is 440 g/mol. The molecule has 0 aliphatic heterocycles. The van der Waals surface area contributed by atoms with Crippen molar-refractivity contribution in [1.29, 1.82) is 0 Å². The summed E-state index contributed by atoms with van der Waals surface area (Å²) in [5.74, 6) is -1.62. The highest BCUT2D eigenvalue weighted by atomic mass is 19.1. The average molecular weight is 441 g/mol. The highest BCUT2D eigenvalue weighted by Gasteiger charge is 2.30. The maximum atomic E-state index is 14.9. The first kappa shape index (κ1) is 23.6. The van der Waals surface area contributed by atoms with Gasteiger partial charge in [-0.05, 0) is 94.2 Å². The van der Waals surface area contributed by atoms with Gasteiger partial charge in [0.1, 0.15) is 18.0 Å². The lowest BCUT2D eigenvalue weighted by atomic mass is 9.79. The van der Waals surface area contributed by atoms with E-state index in [9.17, 15) is 22.8 Å². The summed E-state index contributed by atoms with van der Waals surface area (Å²) in [5, 5.41) is 0. The summed E-state index contributed by atoms with van der Waals surface area (Å²) < 4.78 is 51.2. The fourth-order valence-electron chi connectivity index (χ4n) is 4.65. The highest BCUT2D eigenvalue weighted by Crippen LogP contribution is 2.38. The molecule has 2 fully saturated rings. The molecule has 31 heavy (non-hydrogen) atoms. The van der Waals surface area contributed by atoms with Crippen molar-refractivity contribution < 1.29 is 32.2 Å². The number of halogens is 3. The summed E-state index contributed by atoms with van der Waals surface area (Å²) >= 11 is 0. The topological polar surface area (TPSA) is 52.6 Å². The molecule has 0 N–H and O–H groups in total. The van der Waals surface area contributed by atoms with Crippen LogP contribution >= 0.6 is 0 Å². The molecule has 2 aliphatic carbocycles. The molecule has 2 saturated carbocycles. The van der Waals surface area contributed by atoms with Gasteiger partial charge in [0.15, 0.2) is 12.3 Å². The number of benzene rings is 1. The van der Waals surface area contributed by atoms with Crippen molar-refractivity contribution in [1.82, 2.24) is 0 Å². The minimum absolute atomic E-state index is 0.0599. The molecule has 0 saturated heterocycles. The highest BCUT2D eigenvalue weighted by molar-refractivity contribution is 5.74. The van der Waals surface area contributed by atoms with Gasteiger partial charge in [-0.3, -0.25) is 0 Å². The molecule has 2 atom stereocenters. The van der Waals surface area contributed by atoms with Gasteiger partial charge in [0.2, 0.25) is 0 Å². The molecule has 0 spiro atoms. The van der Waals surface area contributed by atoms with E-state index in [1.165, 1.54) is 6.92 Å². The van der Waals surface area contributed by atoms with Crippen LogP contribution in [0.2, 0.25) is 0 Å². The molecule has 0 aromatic heterocycles. The third kappa shape index (κ3) is 6.23. The van der Waals surface area contributed by atoms with Crippen molar-refractivity contribution in [3.05, 3.63) is 35.1 Å². The first-order valence-corrected chi connectivity index (χ1v) is 11.2. The predicted molar refractivity (Wildman–Crippen MR) is 110 cm³/mol. The van der Waals surface area contributed by atoms with Crippen LogP contribution in [0, 0.1) is 5.82 Å². The van der Waals surface area contributed by atoms with E-state index in [0.717, 1.165) is 25.3 Å². The molecule has 2 aliphatic rings. The summed E-state index contributed by atoms with van der Waals surface area (Å²) in [6.45, 7) is 2.33. The van der Waals surface area contributed by atoms with E-state index < -0.39 is 24.3 Å². The molecule has 0 amide bonds. The Hall–Kier alpha value is -2.05. The fraction of sp³-hybridized carbons (Fsp3) is 0.667. The second-order valence-corrected chi connectivity index (χ2v) is 8.83. The van der Waals surface area contributed by atoms with E-state index in [2.05, 4.69) is 0 Å². The molecule has 4 nitrogen and oxygen atoms in total. The average Bonchev–Trinajstić information content (AvgIpc) is 2.74. The zero-order valence-corrected chi connectivity index (χ0v) is 18.1. The minimum Gasteiger partial charge on any atom is -0.460 e. The van der Waals surface area contributed by atoms with Crippen LogP contribution < -0.4 is 0 Å².